The number of rotatable bonds is 0. The smallest absolute Gasteiger partial charge is 0.205 e. The van der Waals surface area contributed by atoms with Crippen LogP contribution in [0.15, 0.2) is 12.2 Å². The summed E-state index contributed by atoms with van der Waals surface area (Å²) in [5, 5.41) is 0. The molecule has 0 aromatic carbocycles. The van der Waals surface area contributed by atoms with E-state index in [1.807, 2.05) is 12.2 Å². The summed E-state index contributed by atoms with van der Waals surface area (Å²) in [6, 6.07) is 0. The van der Waals surface area contributed by atoms with E-state index in [9.17, 15) is 9.59 Å². The molecule has 2 nitrogen and oxygen atoms in total. The molecule has 2 aliphatic rings. The normalized spacial score (nSPS) is 38.7. The van der Waals surface area contributed by atoms with E-state index in [0.717, 1.165) is 6.42 Å². The second kappa shape index (κ2) is 1.32. The molecule has 0 aliphatic heterocycles. The molecule has 9 heavy (non-hydrogen) atoms. The maximum absolute atomic E-state index is 10.8. The fourth-order valence-corrected chi connectivity index (χ4v) is 1.45. The largest absolute Gasteiger partial charge is 0.290 e. The number of Topliss-reactive ketones (excluding diaryl/α,β-unsaturated/α-hetero) is 2. The van der Waals surface area contributed by atoms with Gasteiger partial charge >= 0.3 is 0 Å². The molecule has 0 saturated heterocycles. The van der Waals surface area contributed by atoms with Crippen molar-refractivity contribution in [1.29, 1.82) is 0 Å². The maximum Gasteiger partial charge on any atom is 0.205 e. The van der Waals surface area contributed by atoms with E-state index < -0.39 is 0 Å². The summed E-state index contributed by atoms with van der Waals surface area (Å²) < 4.78 is 0. The number of carbonyl (C=O) groups is 2. The first kappa shape index (κ1) is 4.91. The zero-order chi connectivity index (χ0) is 6.43. The van der Waals surface area contributed by atoms with Crippen LogP contribution < -0.4 is 0 Å². The summed E-state index contributed by atoms with van der Waals surface area (Å²) in [5.74, 6) is -0.463. The molecule has 0 N–H and O–H groups in total. The highest BCUT2D eigenvalue weighted by Gasteiger charge is 2.41. The van der Waals surface area contributed by atoms with E-state index in [1.54, 1.807) is 0 Å². The topological polar surface area (TPSA) is 34.1 Å². The van der Waals surface area contributed by atoms with E-state index in [2.05, 4.69) is 0 Å². The van der Waals surface area contributed by atoms with Gasteiger partial charge in [0.15, 0.2) is 0 Å². The third-order valence-corrected chi connectivity index (χ3v) is 2.00. The average molecular weight is 122 g/mol. The Hall–Kier alpha value is -0.920. The fraction of sp³-hybridized carbons (Fsp3) is 0.429. The molecule has 0 spiro atoms. The van der Waals surface area contributed by atoms with Crippen molar-refractivity contribution >= 4 is 11.6 Å². The maximum atomic E-state index is 10.8. The molecule has 2 heteroatoms. The van der Waals surface area contributed by atoms with Crippen LogP contribution in [0.2, 0.25) is 0 Å². The highest BCUT2D eigenvalue weighted by atomic mass is 16.2. The fourth-order valence-electron chi connectivity index (χ4n) is 1.45. The Kier molecular flexibility index (Phi) is 0.721. The summed E-state index contributed by atoms with van der Waals surface area (Å²) >= 11 is 0. The van der Waals surface area contributed by atoms with E-state index in [1.165, 1.54) is 0 Å². The van der Waals surface area contributed by atoms with Gasteiger partial charge in [-0.15, -0.1) is 0 Å². The first-order chi connectivity index (χ1) is 4.29. The first-order valence-corrected chi connectivity index (χ1v) is 3.05. The van der Waals surface area contributed by atoms with Gasteiger partial charge in [-0.1, -0.05) is 12.2 Å². The van der Waals surface area contributed by atoms with E-state index >= 15 is 0 Å². The summed E-state index contributed by atoms with van der Waals surface area (Å²) in [7, 11) is 0. The summed E-state index contributed by atoms with van der Waals surface area (Å²) in [6.07, 6.45) is 4.43. The van der Waals surface area contributed by atoms with Crippen molar-refractivity contribution < 1.29 is 9.59 Å². The Bertz CT molecular complexity index is 193. The van der Waals surface area contributed by atoms with Gasteiger partial charge in [-0.05, 0) is 6.42 Å². The van der Waals surface area contributed by atoms with Crippen molar-refractivity contribution in [3.05, 3.63) is 12.2 Å². The first-order valence-electron chi connectivity index (χ1n) is 3.05. The number of ketones is 2. The Labute approximate surface area is 52.6 Å². The van der Waals surface area contributed by atoms with Crippen LogP contribution in [-0.4, -0.2) is 11.6 Å². The van der Waals surface area contributed by atoms with Gasteiger partial charge in [0, 0.05) is 11.8 Å². The quantitative estimate of drug-likeness (QED) is 0.342. The van der Waals surface area contributed by atoms with E-state index in [0.29, 0.717) is 0 Å². The minimum Gasteiger partial charge on any atom is -0.290 e. The van der Waals surface area contributed by atoms with Crippen LogP contribution in [0, 0.1) is 11.8 Å². The predicted octanol–water partition coefficient (Wildman–Crippen LogP) is 0.330. The van der Waals surface area contributed by atoms with Gasteiger partial charge in [-0.3, -0.25) is 9.59 Å². The SMILES string of the molecule is O=C1C(=O)[C@@H]2C=C[C@@H]1C2. The third-order valence-electron chi connectivity index (χ3n) is 2.00. The Morgan fingerprint density at radius 1 is 1.11 bits per heavy atom. The standard InChI is InChI=1S/C7H6O2/c8-6-4-1-2-5(3-4)7(6)9/h1-2,4-5H,3H2/t4-,5-/m1/s1. The summed E-state index contributed by atoms with van der Waals surface area (Å²) in [4.78, 5) is 21.5. The molecule has 2 aliphatic carbocycles. The molecule has 0 unspecified atom stereocenters. The Balaban J connectivity index is 2.47. The number of carbonyl (C=O) groups excluding carboxylic acids is 2. The highest BCUT2D eigenvalue weighted by molar-refractivity contribution is 6.42. The lowest BCUT2D eigenvalue weighted by molar-refractivity contribution is -0.136. The van der Waals surface area contributed by atoms with E-state index in [4.69, 9.17) is 0 Å². The van der Waals surface area contributed by atoms with Gasteiger partial charge in [0.25, 0.3) is 0 Å². The molecule has 0 amide bonds. The van der Waals surface area contributed by atoms with Gasteiger partial charge in [0.05, 0.1) is 0 Å². The summed E-state index contributed by atoms with van der Waals surface area (Å²) in [6.45, 7) is 0. The predicted molar refractivity (Wildman–Crippen MR) is 30.8 cm³/mol. The highest BCUT2D eigenvalue weighted by Crippen LogP contribution is 2.32. The number of hydrogen-bond donors (Lipinski definition) is 0. The number of fused-ring (bicyclic) bond motifs is 2. The molecule has 0 radical (unpaired) electrons. The van der Waals surface area contributed by atoms with Crippen LogP contribution in [-0.2, 0) is 9.59 Å². The molecule has 0 aromatic rings. The third kappa shape index (κ3) is 0.453. The molecule has 0 heterocycles. The molecule has 1 fully saturated rings. The van der Waals surface area contributed by atoms with Gasteiger partial charge < -0.3 is 0 Å². The number of allylic oxidation sites excluding steroid dienone is 2. The lowest BCUT2D eigenvalue weighted by Gasteiger charge is -1.96. The molecule has 46 valence electrons. The molecule has 1 saturated carbocycles. The van der Waals surface area contributed by atoms with Crippen LogP contribution >= 0.6 is 0 Å². The van der Waals surface area contributed by atoms with Crippen LogP contribution in [0.3, 0.4) is 0 Å². The molecule has 0 aromatic heterocycles. The zero-order valence-electron chi connectivity index (χ0n) is 4.83. The average Bonchev–Trinajstić information content (AvgIpc) is 2.37. The van der Waals surface area contributed by atoms with Gasteiger partial charge in [-0.25, -0.2) is 0 Å². The Morgan fingerprint density at radius 3 is 1.78 bits per heavy atom. The van der Waals surface area contributed by atoms with Crippen LogP contribution in [0.25, 0.3) is 0 Å². The van der Waals surface area contributed by atoms with Gasteiger partial charge in [-0.2, -0.15) is 0 Å². The molecule has 2 bridgehead atoms. The van der Waals surface area contributed by atoms with Gasteiger partial charge in [0.2, 0.25) is 11.6 Å². The van der Waals surface area contributed by atoms with Gasteiger partial charge in [0.1, 0.15) is 0 Å². The van der Waals surface area contributed by atoms with E-state index in [-0.39, 0.29) is 23.4 Å². The van der Waals surface area contributed by atoms with Crippen molar-refractivity contribution in [2.75, 3.05) is 0 Å². The minimum atomic E-state index is -0.178. The molecule has 2 rings (SSSR count). The second-order valence-corrected chi connectivity index (χ2v) is 2.56. The van der Waals surface area contributed by atoms with Crippen molar-refractivity contribution in [2.45, 2.75) is 6.42 Å². The summed E-state index contributed by atoms with van der Waals surface area (Å²) in [5.41, 5.74) is 0. The molecule has 2 atom stereocenters. The van der Waals surface area contributed by atoms with Crippen LogP contribution in [0.1, 0.15) is 6.42 Å². The Morgan fingerprint density at radius 2 is 1.56 bits per heavy atom. The number of hydrogen-bond acceptors (Lipinski definition) is 2. The van der Waals surface area contributed by atoms with Crippen molar-refractivity contribution in [2.24, 2.45) is 11.8 Å². The lowest BCUT2D eigenvalue weighted by Crippen LogP contribution is -2.17. The van der Waals surface area contributed by atoms with Crippen molar-refractivity contribution in [1.82, 2.24) is 0 Å². The second-order valence-electron chi connectivity index (χ2n) is 2.56. The minimum absolute atomic E-state index is 0.0532. The zero-order valence-corrected chi connectivity index (χ0v) is 4.83. The molecular formula is C7H6O2. The van der Waals surface area contributed by atoms with Crippen LogP contribution in [0.4, 0.5) is 0 Å². The van der Waals surface area contributed by atoms with Crippen LogP contribution in [0.5, 0.6) is 0 Å². The lowest BCUT2D eigenvalue weighted by atomic mass is 10.1. The van der Waals surface area contributed by atoms with Crippen molar-refractivity contribution in [3.8, 4) is 0 Å². The molecular weight excluding hydrogens is 116 g/mol. The van der Waals surface area contributed by atoms with Crippen molar-refractivity contribution in [3.63, 3.8) is 0 Å². The monoisotopic (exact) mass is 122 g/mol.